The Morgan fingerprint density at radius 3 is 2.54 bits per heavy atom. The zero-order valence-electron chi connectivity index (χ0n) is 15.5. The second-order valence-corrected chi connectivity index (χ2v) is 6.53. The first-order valence-corrected chi connectivity index (χ1v) is 8.65. The van der Waals surface area contributed by atoms with Crippen molar-refractivity contribution in [3.05, 3.63) is 77.1 Å². The first-order valence-electron chi connectivity index (χ1n) is 8.65. The SMILES string of the molecule is [C-]#[N+]C(=C)C(Cc1ccc(OC)cc1)([N+]#[C-])[C@H]1C[C@@H](O)C=C[C@@H]1OC(=O)CO. The van der Waals surface area contributed by atoms with Gasteiger partial charge in [0.1, 0.15) is 18.5 Å². The summed E-state index contributed by atoms with van der Waals surface area (Å²) in [5.41, 5.74) is -0.628. The molecule has 28 heavy (non-hydrogen) atoms. The molecule has 7 nitrogen and oxygen atoms in total. The molecule has 2 N–H and O–H groups in total. The Morgan fingerprint density at radius 2 is 2.00 bits per heavy atom. The molecule has 1 unspecified atom stereocenters. The van der Waals surface area contributed by atoms with Gasteiger partial charge in [-0.15, -0.1) is 0 Å². The number of ether oxygens (including phenoxy) is 2. The minimum Gasteiger partial charge on any atom is -0.497 e. The number of rotatable bonds is 7. The molecule has 1 aliphatic carbocycles. The molecule has 7 heteroatoms. The number of carbonyl (C=O) groups excluding carboxylic acids is 1. The highest BCUT2D eigenvalue weighted by molar-refractivity contribution is 5.70. The van der Waals surface area contributed by atoms with E-state index in [9.17, 15) is 9.90 Å². The van der Waals surface area contributed by atoms with Crippen molar-refractivity contribution in [1.82, 2.24) is 0 Å². The summed E-state index contributed by atoms with van der Waals surface area (Å²) < 4.78 is 10.4. The van der Waals surface area contributed by atoms with Gasteiger partial charge in [0, 0.05) is 6.42 Å². The van der Waals surface area contributed by atoms with Crippen LogP contribution in [0.4, 0.5) is 0 Å². The number of benzene rings is 1. The molecule has 1 aromatic rings. The molecule has 4 atom stereocenters. The number of carbonyl (C=O) groups is 1. The molecular formula is C21H22N2O5. The van der Waals surface area contributed by atoms with E-state index in [2.05, 4.69) is 16.3 Å². The van der Waals surface area contributed by atoms with Crippen molar-refractivity contribution in [1.29, 1.82) is 0 Å². The van der Waals surface area contributed by atoms with E-state index in [1.165, 1.54) is 12.2 Å². The molecule has 0 heterocycles. The lowest BCUT2D eigenvalue weighted by Gasteiger charge is -2.36. The molecule has 0 saturated carbocycles. The van der Waals surface area contributed by atoms with Gasteiger partial charge in [-0.05, 0) is 30.2 Å². The summed E-state index contributed by atoms with van der Waals surface area (Å²) in [5.74, 6) is -0.885. The highest BCUT2D eigenvalue weighted by atomic mass is 16.6. The zero-order valence-corrected chi connectivity index (χ0v) is 15.5. The molecule has 0 spiro atoms. The van der Waals surface area contributed by atoms with E-state index in [1.54, 1.807) is 31.4 Å². The molecule has 1 aliphatic rings. The van der Waals surface area contributed by atoms with E-state index >= 15 is 0 Å². The molecule has 0 fully saturated rings. The van der Waals surface area contributed by atoms with Crippen molar-refractivity contribution >= 4 is 5.97 Å². The Hall–Kier alpha value is -3.13. The Morgan fingerprint density at radius 1 is 1.32 bits per heavy atom. The van der Waals surface area contributed by atoms with E-state index in [-0.39, 0.29) is 18.5 Å². The standard InChI is InChI=1S/C21H22N2O5/c1-14(22-2)21(23-3,12-15-5-8-17(27-4)9-6-15)18-11-16(25)7-10-19(18)28-20(26)13-24/h5-10,16,18-19,24-25H,1,11-13H2,4H3/t16-,18-,19-,21?/m0/s1. The number of methoxy groups -OCH3 is 1. The van der Waals surface area contributed by atoms with Gasteiger partial charge < -0.3 is 24.5 Å². The van der Waals surface area contributed by atoms with Gasteiger partial charge in [-0.3, -0.25) is 0 Å². The summed E-state index contributed by atoms with van der Waals surface area (Å²) in [7, 11) is 1.55. The van der Waals surface area contributed by atoms with Crippen molar-refractivity contribution < 1.29 is 24.5 Å². The molecule has 0 bridgehead atoms. The smallest absolute Gasteiger partial charge is 0.332 e. The molecule has 2 rings (SSSR count). The lowest BCUT2D eigenvalue weighted by molar-refractivity contribution is -0.154. The van der Waals surface area contributed by atoms with Crippen LogP contribution in [0.3, 0.4) is 0 Å². The van der Waals surface area contributed by atoms with Crippen molar-refractivity contribution in [2.24, 2.45) is 5.92 Å². The van der Waals surface area contributed by atoms with E-state index < -0.39 is 36.2 Å². The monoisotopic (exact) mass is 382 g/mol. The van der Waals surface area contributed by atoms with Crippen molar-refractivity contribution in [2.75, 3.05) is 13.7 Å². The predicted molar refractivity (Wildman–Crippen MR) is 102 cm³/mol. The zero-order chi connectivity index (χ0) is 20.7. The molecule has 0 radical (unpaired) electrons. The summed E-state index contributed by atoms with van der Waals surface area (Å²) in [6, 6.07) is 7.09. The summed E-state index contributed by atoms with van der Waals surface area (Å²) in [6.07, 6.45) is 1.54. The molecule has 0 aliphatic heterocycles. The maximum Gasteiger partial charge on any atom is 0.332 e. The van der Waals surface area contributed by atoms with Gasteiger partial charge in [-0.25, -0.2) is 16.2 Å². The average molecular weight is 382 g/mol. The molecule has 0 aromatic heterocycles. The number of hydrogen-bond acceptors (Lipinski definition) is 5. The molecule has 1 aromatic carbocycles. The van der Waals surface area contributed by atoms with Crippen LogP contribution in [0.25, 0.3) is 9.69 Å². The third-order valence-electron chi connectivity index (χ3n) is 4.89. The average Bonchev–Trinajstić information content (AvgIpc) is 2.73. The van der Waals surface area contributed by atoms with Crippen molar-refractivity contribution in [2.45, 2.75) is 30.6 Å². The highest BCUT2D eigenvalue weighted by Crippen LogP contribution is 2.42. The Balaban J connectivity index is 2.48. The normalized spacial score (nSPS) is 23.0. The van der Waals surface area contributed by atoms with Crippen molar-refractivity contribution in [3.63, 3.8) is 0 Å². The topological polar surface area (TPSA) is 84.7 Å². The van der Waals surface area contributed by atoms with Gasteiger partial charge in [0.05, 0.1) is 25.7 Å². The summed E-state index contributed by atoms with van der Waals surface area (Å²) in [5, 5.41) is 19.2. The molecule has 0 saturated heterocycles. The lowest BCUT2D eigenvalue weighted by atomic mass is 9.70. The first kappa shape index (κ1) is 21.2. The van der Waals surface area contributed by atoms with E-state index in [0.717, 1.165) is 5.56 Å². The fourth-order valence-electron chi connectivity index (χ4n) is 3.41. The van der Waals surface area contributed by atoms with Crippen LogP contribution in [-0.2, 0) is 16.0 Å². The molecular weight excluding hydrogens is 360 g/mol. The van der Waals surface area contributed by atoms with Crippen LogP contribution in [0.5, 0.6) is 5.75 Å². The van der Waals surface area contributed by atoms with E-state index in [0.29, 0.717) is 5.75 Å². The van der Waals surface area contributed by atoms with E-state index in [4.69, 9.17) is 27.7 Å². The van der Waals surface area contributed by atoms with Crippen LogP contribution in [0.2, 0.25) is 0 Å². The molecule has 146 valence electrons. The number of hydrogen-bond donors (Lipinski definition) is 2. The van der Waals surface area contributed by atoms with Crippen LogP contribution in [0.1, 0.15) is 12.0 Å². The Labute approximate surface area is 164 Å². The predicted octanol–water partition coefficient (Wildman–Crippen LogP) is 2.17. The number of aliphatic hydroxyl groups excluding tert-OH is 2. The quantitative estimate of drug-likeness (QED) is 0.429. The minimum atomic E-state index is -1.41. The fourth-order valence-corrected chi connectivity index (χ4v) is 3.41. The third kappa shape index (κ3) is 4.40. The maximum atomic E-state index is 11.6. The highest BCUT2D eigenvalue weighted by Gasteiger charge is 2.54. The van der Waals surface area contributed by atoms with Gasteiger partial charge in [0.2, 0.25) is 5.70 Å². The second-order valence-electron chi connectivity index (χ2n) is 6.53. The van der Waals surface area contributed by atoms with Crippen LogP contribution in [-0.4, -0.2) is 47.6 Å². The fraction of sp³-hybridized carbons (Fsp3) is 0.381. The van der Waals surface area contributed by atoms with Crippen LogP contribution >= 0.6 is 0 Å². The Bertz CT molecular complexity index is 834. The van der Waals surface area contributed by atoms with Gasteiger partial charge in [0.25, 0.3) is 5.54 Å². The lowest BCUT2D eigenvalue weighted by Crippen LogP contribution is -2.48. The summed E-state index contributed by atoms with van der Waals surface area (Å²) in [6.45, 7) is 18.3. The minimum absolute atomic E-state index is 0.0101. The van der Waals surface area contributed by atoms with E-state index in [1.807, 2.05) is 0 Å². The second kappa shape index (κ2) is 9.18. The van der Waals surface area contributed by atoms with Gasteiger partial charge >= 0.3 is 5.97 Å². The summed E-state index contributed by atoms with van der Waals surface area (Å²) >= 11 is 0. The van der Waals surface area contributed by atoms with Gasteiger partial charge in [0.15, 0.2) is 0 Å². The number of esters is 1. The summed E-state index contributed by atoms with van der Waals surface area (Å²) in [4.78, 5) is 18.8. The Kier molecular flexibility index (Phi) is 6.94. The third-order valence-corrected chi connectivity index (χ3v) is 4.89. The maximum absolute atomic E-state index is 11.6. The molecule has 0 amide bonds. The number of nitrogens with zero attached hydrogens (tertiary/aromatic N) is 2. The van der Waals surface area contributed by atoms with Crippen LogP contribution < -0.4 is 4.74 Å². The van der Waals surface area contributed by atoms with Gasteiger partial charge in [-0.2, -0.15) is 0 Å². The largest absolute Gasteiger partial charge is 0.497 e. The van der Waals surface area contributed by atoms with Crippen LogP contribution in [0, 0.1) is 19.1 Å². The van der Waals surface area contributed by atoms with Crippen LogP contribution in [0.15, 0.2) is 48.7 Å². The first-order chi connectivity index (χ1) is 13.4. The number of aliphatic hydroxyl groups is 2. The van der Waals surface area contributed by atoms with Gasteiger partial charge in [-0.1, -0.05) is 24.8 Å². The van der Waals surface area contributed by atoms with Crippen molar-refractivity contribution in [3.8, 4) is 5.75 Å².